The molecule has 0 N–H and O–H groups in total. The van der Waals surface area contributed by atoms with E-state index in [9.17, 15) is 14.4 Å². The molecule has 208 valence electrons. The van der Waals surface area contributed by atoms with Crippen LogP contribution >= 0.6 is 35.3 Å². The van der Waals surface area contributed by atoms with Crippen LogP contribution in [0.1, 0.15) is 44.4 Å². The first-order valence-corrected chi connectivity index (χ1v) is 15.7. The SMILES string of the molecule is CCOC(=O)C1=C[C@@]2(SC=C(C(=O)OCC)S2)C2=C(S1)C(C)(C)N(C(=O)Cc1ccccc1)c1ccc(C)cc12. The largest absolute Gasteiger partial charge is 0.462 e. The highest BCUT2D eigenvalue weighted by atomic mass is 32.2. The Labute approximate surface area is 247 Å². The van der Waals surface area contributed by atoms with Crippen LogP contribution in [0, 0.1) is 6.92 Å². The molecule has 1 spiro atoms. The molecule has 0 aromatic heterocycles. The van der Waals surface area contributed by atoms with Crippen molar-refractivity contribution in [2.24, 2.45) is 0 Å². The molecule has 5 rings (SSSR count). The number of thioether (sulfide) groups is 3. The molecule has 1 amide bonds. The second-order valence-electron chi connectivity index (χ2n) is 10.1. The summed E-state index contributed by atoms with van der Waals surface area (Å²) in [4.78, 5) is 43.7. The minimum absolute atomic E-state index is 0.0354. The molecule has 0 aliphatic carbocycles. The number of rotatable bonds is 6. The molecule has 0 fully saturated rings. The lowest BCUT2D eigenvalue weighted by Gasteiger charge is -2.50. The van der Waals surface area contributed by atoms with E-state index in [1.807, 2.05) is 79.6 Å². The zero-order chi connectivity index (χ0) is 28.7. The third-order valence-corrected chi connectivity index (χ3v) is 11.1. The molecule has 0 saturated carbocycles. The average Bonchev–Trinajstić information content (AvgIpc) is 3.33. The van der Waals surface area contributed by atoms with E-state index in [0.29, 0.717) is 9.81 Å². The topological polar surface area (TPSA) is 72.9 Å². The van der Waals surface area contributed by atoms with Crippen LogP contribution in [-0.4, -0.2) is 40.7 Å². The summed E-state index contributed by atoms with van der Waals surface area (Å²) in [6.07, 6.45) is 2.16. The maximum Gasteiger partial charge on any atom is 0.345 e. The van der Waals surface area contributed by atoms with Gasteiger partial charge >= 0.3 is 11.9 Å². The van der Waals surface area contributed by atoms with E-state index in [4.69, 9.17) is 9.47 Å². The summed E-state index contributed by atoms with van der Waals surface area (Å²) in [5.74, 6) is -0.841. The summed E-state index contributed by atoms with van der Waals surface area (Å²) in [6, 6.07) is 15.8. The van der Waals surface area contributed by atoms with Gasteiger partial charge in [-0.05, 0) is 63.8 Å². The van der Waals surface area contributed by atoms with Crippen LogP contribution in [0.3, 0.4) is 0 Å². The smallest absolute Gasteiger partial charge is 0.345 e. The number of carbonyl (C=O) groups is 3. The minimum atomic E-state index is -0.806. The van der Waals surface area contributed by atoms with E-state index in [0.717, 1.165) is 32.9 Å². The lowest BCUT2D eigenvalue weighted by atomic mass is 9.84. The van der Waals surface area contributed by atoms with E-state index < -0.39 is 15.6 Å². The molecular formula is C31H31NO5S3. The number of hydrogen-bond donors (Lipinski definition) is 0. The molecular weight excluding hydrogens is 563 g/mol. The number of hydrogen-bond acceptors (Lipinski definition) is 8. The van der Waals surface area contributed by atoms with Crippen LogP contribution in [0.4, 0.5) is 5.69 Å². The highest BCUT2D eigenvalue weighted by Gasteiger charge is 2.54. The van der Waals surface area contributed by atoms with Gasteiger partial charge in [-0.25, -0.2) is 9.59 Å². The number of aryl methyl sites for hydroxylation is 1. The van der Waals surface area contributed by atoms with Gasteiger partial charge < -0.3 is 14.4 Å². The fraction of sp³-hybridized carbons (Fsp3) is 0.323. The number of carbonyl (C=O) groups excluding carboxylic acids is 3. The van der Waals surface area contributed by atoms with E-state index in [2.05, 4.69) is 6.07 Å². The Hall–Kier alpha value is -2.88. The van der Waals surface area contributed by atoms with E-state index in [1.54, 1.807) is 13.8 Å². The Balaban J connectivity index is 1.68. The third kappa shape index (κ3) is 5.03. The Morgan fingerprint density at radius 3 is 2.27 bits per heavy atom. The van der Waals surface area contributed by atoms with Crippen LogP contribution in [0.15, 0.2) is 74.7 Å². The van der Waals surface area contributed by atoms with Crippen LogP contribution in [0.25, 0.3) is 5.57 Å². The van der Waals surface area contributed by atoms with Crippen molar-refractivity contribution in [3.8, 4) is 0 Å². The van der Waals surface area contributed by atoms with Crippen molar-refractivity contribution < 1.29 is 23.9 Å². The van der Waals surface area contributed by atoms with Gasteiger partial charge in [0.25, 0.3) is 0 Å². The van der Waals surface area contributed by atoms with Crippen molar-refractivity contribution in [2.75, 3.05) is 18.1 Å². The number of anilines is 1. The highest BCUT2D eigenvalue weighted by molar-refractivity contribution is 8.25. The number of amides is 1. The first kappa shape index (κ1) is 28.6. The summed E-state index contributed by atoms with van der Waals surface area (Å²) < 4.78 is 9.94. The molecule has 1 atom stereocenters. The van der Waals surface area contributed by atoms with E-state index in [-0.39, 0.29) is 31.5 Å². The Morgan fingerprint density at radius 2 is 1.60 bits per heavy atom. The van der Waals surface area contributed by atoms with Gasteiger partial charge in [-0.1, -0.05) is 65.5 Å². The zero-order valence-corrected chi connectivity index (χ0v) is 25.6. The van der Waals surface area contributed by atoms with Crippen LogP contribution in [0.5, 0.6) is 0 Å². The maximum atomic E-state index is 14.1. The number of fused-ring (bicyclic) bond motifs is 3. The fourth-order valence-electron chi connectivity index (χ4n) is 5.20. The predicted octanol–water partition coefficient (Wildman–Crippen LogP) is 6.85. The van der Waals surface area contributed by atoms with Gasteiger partial charge in [0.05, 0.1) is 35.8 Å². The maximum absolute atomic E-state index is 14.1. The van der Waals surface area contributed by atoms with Crippen molar-refractivity contribution in [3.63, 3.8) is 0 Å². The van der Waals surface area contributed by atoms with Crippen molar-refractivity contribution in [1.29, 1.82) is 0 Å². The van der Waals surface area contributed by atoms with Gasteiger partial charge in [-0.2, -0.15) is 0 Å². The van der Waals surface area contributed by atoms with Gasteiger partial charge in [-0.15, -0.1) is 11.8 Å². The van der Waals surface area contributed by atoms with Gasteiger partial charge in [-0.3, -0.25) is 4.79 Å². The molecule has 40 heavy (non-hydrogen) atoms. The van der Waals surface area contributed by atoms with Crippen molar-refractivity contribution in [3.05, 3.63) is 91.4 Å². The molecule has 0 unspecified atom stereocenters. The minimum Gasteiger partial charge on any atom is -0.462 e. The molecule has 3 heterocycles. The third-order valence-electron chi connectivity index (χ3n) is 6.89. The first-order valence-electron chi connectivity index (χ1n) is 13.2. The number of nitrogens with zero attached hydrogens (tertiary/aromatic N) is 1. The molecule has 0 radical (unpaired) electrons. The van der Waals surface area contributed by atoms with Gasteiger partial charge in [0.15, 0.2) is 0 Å². The van der Waals surface area contributed by atoms with Crippen molar-refractivity contribution in [2.45, 2.75) is 50.7 Å². The first-order chi connectivity index (χ1) is 19.1. The lowest BCUT2D eigenvalue weighted by molar-refractivity contribution is -0.138. The Morgan fingerprint density at radius 1 is 0.925 bits per heavy atom. The highest BCUT2D eigenvalue weighted by Crippen LogP contribution is 2.66. The van der Waals surface area contributed by atoms with Crippen molar-refractivity contribution in [1.82, 2.24) is 0 Å². The van der Waals surface area contributed by atoms with E-state index in [1.165, 1.54) is 35.3 Å². The van der Waals surface area contributed by atoms with Crippen LogP contribution in [-0.2, 0) is 30.3 Å². The lowest BCUT2D eigenvalue weighted by Crippen LogP contribution is -2.53. The molecule has 2 aromatic rings. The van der Waals surface area contributed by atoms with Crippen LogP contribution < -0.4 is 4.90 Å². The summed E-state index contributed by atoms with van der Waals surface area (Å²) in [6.45, 7) is 10.1. The fourth-order valence-corrected chi connectivity index (χ4v) is 9.59. The second kappa shape index (κ2) is 11.2. The van der Waals surface area contributed by atoms with Crippen LogP contribution in [0.2, 0.25) is 0 Å². The van der Waals surface area contributed by atoms with Gasteiger partial charge in [0.1, 0.15) is 8.98 Å². The molecule has 3 aliphatic heterocycles. The predicted molar refractivity (Wildman–Crippen MR) is 165 cm³/mol. The monoisotopic (exact) mass is 593 g/mol. The number of esters is 2. The number of ether oxygens (including phenoxy) is 2. The molecule has 6 nitrogen and oxygen atoms in total. The average molecular weight is 594 g/mol. The van der Waals surface area contributed by atoms with Gasteiger partial charge in [0.2, 0.25) is 5.91 Å². The number of benzene rings is 2. The molecule has 9 heteroatoms. The molecule has 0 saturated heterocycles. The molecule has 0 bridgehead atoms. The summed E-state index contributed by atoms with van der Waals surface area (Å²) in [5.41, 5.74) is 3.91. The summed E-state index contributed by atoms with van der Waals surface area (Å²) in [7, 11) is 0. The molecule has 2 aromatic carbocycles. The van der Waals surface area contributed by atoms with Gasteiger partial charge in [0, 0.05) is 16.0 Å². The summed E-state index contributed by atoms with van der Waals surface area (Å²) >= 11 is 4.21. The Bertz CT molecular complexity index is 1480. The second-order valence-corrected chi connectivity index (χ2v) is 13.8. The quantitative estimate of drug-likeness (QED) is 0.337. The van der Waals surface area contributed by atoms with Crippen molar-refractivity contribution >= 4 is 64.4 Å². The van der Waals surface area contributed by atoms with E-state index >= 15 is 0 Å². The normalized spacial score (nSPS) is 20.9. The molecule has 3 aliphatic rings. The zero-order valence-electron chi connectivity index (χ0n) is 23.1. The summed E-state index contributed by atoms with van der Waals surface area (Å²) in [5, 5.41) is 1.82. The standard InChI is InChI=1S/C31H31NO5S3/c1-6-36-28(34)23-17-31(38-18-24(40-31)29(35)37-7-2)26-21-15-19(3)13-14-22(21)32(30(4,5)27(26)39-23)25(33)16-20-11-9-8-10-12-20/h8-15,17-18H,6-7,16H2,1-5H3/t31-/m0/s1. The Kier molecular flexibility index (Phi) is 8.01.